The number of carbonyl (C=O) groups is 2. The summed E-state index contributed by atoms with van der Waals surface area (Å²) in [4.78, 5) is 36.1. The zero-order valence-corrected chi connectivity index (χ0v) is 13.3. The number of hydrogen-bond donors (Lipinski definition) is 2. The van der Waals surface area contributed by atoms with Gasteiger partial charge in [-0.05, 0) is 39.5 Å². The number of carbonyl (C=O) groups excluding carboxylic acids is 2. The van der Waals surface area contributed by atoms with Crippen molar-refractivity contribution < 1.29 is 18.8 Å². The quantitative estimate of drug-likeness (QED) is 0.793. The van der Waals surface area contributed by atoms with Crippen LogP contribution in [0.3, 0.4) is 0 Å². The summed E-state index contributed by atoms with van der Waals surface area (Å²) in [5, 5.41) is 5.35. The van der Waals surface area contributed by atoms with E-state index in [4.69, 9.17) is 4.52 Å². The van der Waals surface area contributed by atoms with E-state index in [1.807, 2.05) is 20.8 Å². The topological polar surface area (TPSA) is 101 Å². The first-order valence-electron chi connectivity index (χ1n) is 7.32. The van der Waals surface area contributed by atoms with Crippen molar-refractivity contribution >= 4 is 11.9 Å². The largest absolute Gasteiger partial charge is 0.469 e. The summed E-state index contributed by atoms with van der Waals surface area (Å²) in [6, 6.07) is 0. The zero-order valence-electron chi connectivity index (χ0n) is 13.3. The Morgan fingerprint density at radius 2 is 2.05 bits per heavy atom. The van der Waals surface area contributed by atoms with Gasteiger partial charge in [0.1, 0.15) is 0 Å². The van der Waals surface area contributed by atoms with Crippen molar-refractivity contribution in [3.8, 4) is 0 Å². The van der Waals surface area contributed by atoms with Gasteiger partial charge in [-0.1, -0.05) is 0 Å². The minimum absolute atomic E-state index is 0.109. The number of rotatable bonds is 5. The van der Waals surface area contributed by atoms with Gasteiger partial charge >= 0.3 is 11.6 Å². The number of H-pyrrole nitrogens is 1. The van der Waals surface area contributed by atoms with Crippen LogP contribution in [0, 0.1) is 5.92 Å². The van der Waals surface area contributed by atoms with Gasteiger partial charge in [0.2, 0.25) is 5.91 Å². The highest BCUT2D eigenvalue weighted by Crippen LogP contribution is 2.43. The van der Waals surface area contributed by atoms with Crippen molar-refractivity contribution in [3.63, 3.8) is 0 Å². The molecule has 1 aromatic heterocycles. The maximum Gasteiger partial charge on any atom is 0.361 e. The lowest BCUT2D eigenvalue weighted by molar-refractivity contribution is -0.140. The zero-order chi connectivity index (χ0) is 16.5. The highest BCUT2D eigenvalue weighted by molar-refractivity contribution is 5.85. The molecule has 7 nitrogen and oxygen atoms in total. The summed E-state index contributed by atoms with van der Waals surface area (Å²) < 4.78 is 9.42. The van der Waals surface area contributed by atoms with Gasteiger partial charge in [-0.2, -0.15) is 0 Å². The molecule has 1 saturated carbocycles. The highest BCUT2D eigenvalue weighted by Gasteiger charge is 2.42. The SMILES string of the molecule is COC(=O)Cc1[nH]oc(=O)c1C(C(=O)NC(C)(C)C)C1CC1. The molecule has 1 unspecified atom stereocenters. The van der Waals surface area contributed by atoms with Gasteiger partial charge in [-0.25, -0.2) is 9.95 Å². The van der Waals surface area contributed by atoms with Crippen LogP contribution >= 0.6 is 0 Å². The molecule has 2 rings (SSSR count). The smallest absolute Gasteiger partial charge is 0.361 e. The molecule has 7 heteroatoms. The summed E-state index contributed by atoms with van der Waals surface area (Å²) in [7, 11) is 1.27. The molecule has 1 atom stereocenters. The Kier molecular flexibility index (Phi) is 4.44. The second kappa shape index (κ2) is 5.98. The Bertz CT molecular complexity index is 619. The van der Waals surface area contributed by atoms with E-state index in [0.717, 1.165) is 12.8 Å². The first-order valence-corrected chi connectivity index (χ1v) is 7.32. The number of aromatic amines is 1. The van der Waals surface area contributed by atoms with Crippen molar-refractivity contribution in [1.82, 2.24) is 10.5 Å². The van der Waals surface area contributed by atoms with Gasteiger partial charge in [-0.15, -0.1) is 0 Å². The lowest BCUT2D eigenvalue weighted by Crippen LogP contribution is -2.44. The van der Waals surface area contributed by atoms with E-state index in [1.54, 1.807) is 0 Å². The number of ether oxygens (including phenoxy) is 1. The number of methoxy groups -OCH3 is 1. The number of hydrogen-bond acceptors (Lipinski definition) is 5. The van der Waals surface area contributed by atoms with Crippen LogP contribution < -0.4 is 10.9 Å². The molecule has 1 heterocycles. The van der Waals surface area contributed by atoms with Crippen molar-refractivity contribution in [2.24, 2.45) is 5.92 Å². The van der Waals surface area contributed by atoms with Gasteiger partial charge < -0.3 is 14.6 Å². The molecule has 0 aliphatic heterocycles. The maximum atomic E-state index is 12.6. The second-order valence-corrected chi connectivity index (χ2v) is 6.69. The maximum absolute atomic E-state index is 12.6. The molecular weight excluding hydrogens is 288 g/mol. The van der Waals surface area contributed by atoms with Crippen LogP contribution in [-0.4, -0.2) is 29.7 Å². The van der Waals surface area contributed by atoms with Crippen molar-refractivity contribution in [2.45, 2.75) is 51.5 Å². The van der Waals surface area contributed by atoms with Crippen molar-refractivity contribution in [2.75, 3.05) is 7.11 Å². The summed E-state index contributed by atoms with van der Waals surface area (Å²) in [6.07, 6.45) is 1.64. The molecule has 1 amide bonds. The van der Waals surface area contributed by atoms with E-state index in [2.05, 4.69) is 15.2 Å². The fourth-order valence-corrected chi connectivity index (χ4v) is 2.46. The van der Waals surface area contributed by atoms with E-state index in [1.165, 1.54) is 7.11 Å². The number of esters is 1. The summed E-state index contributed by atoms with van der Waals surface area (Å²) in [6.45, 7) is 5.64. The molecule has 22 heavy (non-hydrogen) atoms. The summed E-state index contributed by atoms with van der Waals surface area (Å²) in [5.41, 5.74) is -0.434. The molecule has 0 spiro atoms. The third-order valence-corrected chi connectivity index (χ3v) is 3.55. The Labute approximate surface area is 128 Å². The van der Waals surface area contributed by atoms with Gasteiger partial charge in [0.25, 0.3) is 0 Å². The number of aromatic nitrogens is 1. The van der Waals surface area contributed by atoms with E-state index >= 15 is 0 Å². The fraction of sp³-hybridized carbons (Fsp3) is 0.667. The highest BCUT2D eigenvalue weighted by atomic mass is 16.5. The second-order valence-electron chi connectivity index (χ2n) is 6.69. The van der Waals surface area contributed by atoms with Crippen LogP contribution in [0.2, 0.25) is 0 Å². The lowest BCUT2D eigenvalue weighted by atomic mass is 9.91. The van der Waals surface area contributed by atoms with Crippen molar-refractivity contribution in [1.29, 1.82) is 0 Å². The molecular formula is C15H22N2O5. The monoisotopic (exact) mass is 310 g/mol. The third kappa shape index (κ3) is 3.78. The number of amides is 1. The van der Waals surface area contributed by atoms with Gasteiger partial charge in [0, 0.05) is 5.54 Å². The third-order valence-electron chi connectivity index (χ3n) is 3.55. The van der Waals surface area contributed by atoms with Crippen LogP contribution in [0.15, 0.2) is 9.32 Å². The van der Waals surface area contributed by atoms with E-state index in [0.29, 0.717) is 5.69 Å². The van der Waals surface area contributed by atoms with Crippen LogP contribution in [0.1, 0.15) is 50.8 Å². The minimum atomic E-state index is -0.597. The van der Waals surface area contributed by atoms with Crippen molar-refractivity contribution in [3.05, 3.63) is 21.7 Å². The molecule has 0 saturated heterocycles. The fourth-order valence-electron chi connectivity index (χ4n) is 2.46. The lowest BCUT2D eigenvalue weighted by Gasteiger charge is -2.24. The first kappa shape index (κ1) is 16.3. The van der Waals surface area contributed by atoms with Crippen LogP contribution in [0.25, 0.3) is 0 Å². The van der Waals surface area contributed by atoms with E-state index < -0.39 is 23.1 Å². The van der Waals surface area contributed by atoms with E-state index in [9.17, 15) is 14.4 Å². The Morgan fingerprint density at radius 3 is 2.55 bits per heavy atom. The minimum Gasteiger partial charge on any atom is -0.469 e. The molecule has 122 valence electrons. The summed E-state index contributed by atoms with van der Waals surface area (Å²) >= 11 is 0. The van der Waals surface area contributed by atoms with Crippen LogP contribution in [0.4, 0.5) is 0 Å². The Hall–Kier alpha value is -2.05. The predicted molar refractivity (Wildman–Crippen MR) is 78.4 cm³/mol. The Balaban J connectivity index is 2.33. The molecule has 2 N–H and O–H groups in total. The van der Waals surface area contributed by atoms with Gasteiger partial charge in [0.05, 0.1) is 30.7 Å². The molecule has 1 aliphatic rings. The molecule has 1 aliphatic carbocycles. The molecule has 0 radical (unpaired) electrons. The van der Waals surface area contributed by atoms with E-state index in [-0.39, 0.29) is 23.8 Å². The molecule has 1 fully saturated rings. The Morgan fingerprint density at radius 1 is 1.41 bits per heavy atom. The predicted octanol–water partition coefficient (Wildman–Crippen LogP) is 1.09. The average molecular weight is 310 g/mol. The standard InChI is InChI=1S/C15H22N2O5/c1-15(2,3)16-13(19)11(8-5-6-8)12-9(7-10(18)21-4)17-22-14(12)20/h8,11,17H,5-7H2,1-4H3,(H,16,19). The van der Waals surface area contributed by atoms with Gasteiger partial charge in [-0.3, -0.25) is 9.59 Å². The number of nitrogens with one attached hydrogen (secondary N) is 2. The van der Waals surface area contributed by atoms with Gasteiger partial charge in [0.15, 0.2) is 0 Å². The average Bonchev–Trinajstić information content (AvgIpc) is 3.16. The first-order chi connectivity index (χ1) is 10.2. The van der Waals surface area contributed by atoms with Crippen LogP contribution in [0.5, 0.6) is 0 Å². The molecule has 0 aromatic carbocycles. The molecule has 1 aromatic rings. The van der Waals surface area contributed by atoms with Crippen LogP contribution in [-0.2, 0) is 20.7 Å². The summed E-state index contributed by atoms with van der Waals surface area (Å²) in [5.74, 6) is -1.20. The molecule has 0 bridgehead atoms. The normalized spacial score (nSPS) is 16.2.